The molecule has 2 rings (SSSR count). The first-order valence-corrected chi connectivity index (χ1v) is 8.12. The first-order chi connectivity index (χ1) is 9.44. The highest BCUT2D eigenvalue weighted by atomic mass is 79.9. The Hall–Kier alpha value is -1.20. The minimum atomic E-state index is 0.141. The molecule has 2 aromatic rings. The van der Waals surface area contributed by atoms with E-state index < -0.39 is 0 Å². The van der Waals surface area contributed by atoms with Crippen molar-refractivity contribution in [1.82, 2.24) is 0 Å². The molecule has 0 unspecified atom stereocenters. The molecule has 5 heteroatoms. The van der Waals surface area contributed by atoms with Crippen LogP contribution in [0, 0.1) is 0 Å². The number of ether oxygens (including phenoxy) is 1. The molecular formula is C15H19BrN2OS. The van der Waals surface area contributed by atoms with Crippen LogP contribution in [0.5, 0.6) is 5.75 Å². The lowest BCUT2D eigenvalue weighted by atomic mass is 10.2. The van der Waals surface area contributed by atoms with E-state index in [9.17, 15) is 0 Å². The molecule has 108 valence electrons. The smallest absolute Gasteiger partial charge is 0.123 e. The number of benzene rings is 1. The molecule has 0 aliphatic rings. The van der Waals surface area contributed by atoms with E-state index in [1.54, 1.807) is 11.3 Å². The Morgan fingerprint density at radius 3 is 2.65 bits per heavy atom. The molecule has 0 fully saturated rings. The van der Waals surface area contributed by atoms with E-state index in [1.165, 1.54) is 5.56 Å². The van der Waals surface area contributed by atoms with E-state index >= 15 is 0 Å². The van der Waals surface area contributed by atoms with Crippen molar-refractivity contribution in [2.24, 2.45) is 0 Å². The van der Waals surface area contributed by atoms with Crippen LogP contribution < -0.4 is 15.4 Å². The summed E-state index contributed by atoms with van der Waals surface area (Å²) < 4.78 is 6.88. The van der Waals surface area contributed by atoms with Gasteiger partial charge in [0.05, 0.1) is 9.89 Å². The van der Waals surface area contributed by atoms with Gasteiger partial charge < -0.3 is 15.4 Å². The van der Waals surface area contributed by atoms with Crippen LogP contribution in [-0.4, -0.2) is 13.2 Å². The Bertz CT molecular complexity index is 583. The molecule has 0 spiro atoms. The van der Waals surface area contributed by atoms with Gasteiger partial charge in [-0.1, -0.05) is 0 Å². The SMILES string of the molecule is CC(C)Oc1cc(N)cc(N(C)Cc2csc(Br)c2)c1. The zero-order chi connectivity index (χ0) is 14.7. The molecule has 0 saturated carbocycles. The van der Waals surface area contributed by atoms with Crippen LogP contribution in [0.2, 0.25) is 0 Å². The summed E-state index contributed by atoms with van der Waals surface area (Å²) in [6.07, 6.45) is 0.141. The van der Waals surface area contributed by atoms with Crippen molar-refractivity contribution >= 4 is 38.6 Å². The van der Waals surface area contributed by atoms with Gasteiger partial charge in [-0.3, -0.25) is 0 Å². The molecule has 1 heterocycles. The molecule has 20 heavy (non-hydrogen) atoms. The summed E-state index contributed by atoms with van der Waals surface area (Å²) in [7, 11) is 2.06. The Balaban J connectivity index is 2.16. The Kier molecular flexibility index (Phi) is 4.94. The Morgan fingerprint density at radius 2 is 2.05 bits per heavy atom. The minimum absolute atomic E-state index is 0.141. The van der Waals surface area contributed by atoms with Crippen molar-refractivity contribution in [2.75, 3.05) is 17.7 Å². The fourth-order valence-electron chi connectivity index (χ4n) is 1.96. The third-order valence-corrected chi connectivity index (χ3v) is 4.32. The third-order valence-electron chi connectivity index (χ3n) is 2.77. The molecule has 0 atom stereocenters. The molecular weight excluding hydrogens is 336 g/mol. The standard InChI is InChI=1S/C15H19BrN2OS/c1-10(2)19-14-6-12(17)5-13(7-14)18(3)8-11-4-15(16)20-9-11/h4-7,9-10H,8,17H2,1-3H3. The fraction of sp³-hybridized carbons (Fsp3) is 0.333. The van der Waals surface area contributed by atoms with Gasteiger partial charge in [0, 0.05) is 37.1 Å². The Labute approximate surface area is 132 Å². The van der Waals surface area contributed by atoms with Crippen molar-refractivity contribution in [1.29, 1.82) is 0 Å². The lowest BCUT2D eigenvalue weighted by Gasteiger charge is -2.21. The highest BCUT2D eigenvalue weighted by molar-refractivity contribution is 9.11. The van der Waals surface area contributed by atoms with Crippen LogP contribution in [0.3, 0.4) is 0 Å². The fourth-order valence-corrected chi connectivity index (χ4v) is 3.16. The number of nitrogens with zero attached hydrogens (tertiary/aromatic N) is 1. The third kappa shape index (κ3) is 4.15. The van der Waals surface area contributed by atoms with Gasteiger partial charge in [-0.15, -0.1) is 11.3 Å². The largest absolute Gasteiger partial charge is 0.491 e. The molecule has 2 N–H and O–H groups in total. The minimum Gasteiger partial charge on any atom is -0.491 e. The van der Waals surface area contributed by atoms with E-state index in [4.69, 9.17) is 10.5 Å². The number of hydrogen-bond acceptors (Lipinski definition) is 4. The first kappa shape index (κ1) is 15.2. The summed E-state index contributed by atoms with van der Waals surface area (Å²) in [6, 6.07) is 7.99. The summed E-state index contributed by atoms with van der Waals surface area (Å²) in [6.45, 7) is 4.86. The second kappa shape index (κ2) is 6.50. The molecule has 0 amide bonds. The van der Waals surface area contributed by atoms with Crippen LogP contribution in [0.1, 0.15) is 19.4 Å². The van der Waals surface area contributed by atoms with Gasteiger partial charge in [-0.05, 0) is 52.9 Å². The predicted octanol–water partition coefficient (Wildman–Crippen LogP) is 4.52. The average molecular weight is 355 g/mol. The quantitative estimate of drug-likeness (QED) is 0.802. The molecule has 0 saturated heterocycles. The number of anilines is 2. The van der Waals surface area contributed by atoms with Gasteiger partial charge in [0.1, 0.15) is 5.75 Å². The van der Waals surface area contributed by atoms with E-state index in [1.807, 2.05) is 32.0 Å². The lowest BCUT2D eigenvalue weighted by molar-refractivity contribution is 0.242. The molecule has 0 aliphatic carbocycles. The van der Waals surface area contributed by atoms with Crippen LogP contribution in [-0.2, 0) is 6.54 Å². The maximum absolute atomic E-state index is 5.96. The lowest BCUT2D eigenvalue weighted by Crippen LogP contribution is -2.16. The van der Waals surface area contributed by atoms with Gasteiger partial charge in [-0.2, -0.15) is 0 Å². The van der Waals surface area contributed by atoms with Crippen molar-refractivity contribution in [3.63, 3.8) is 0 Å². The number of nitrogen functional groups attached to an aromatic ring is 1. The van der Waals surface area contributed by atoms with Gasteiger partial charge >= 0.3 is 0 Å². The number of rotatable bonds is 5. The molecule has 1 aromatic heterocycles. The van der Waals surface area contributed by atoms with Crippen molar-refractivity contribution < 1.29 is 4.74 Å². The summed E-state index contributed by atoms with van der Waals surface area (Å²) in [5, 5.41) is 2.15. The molecule has 0 aliphatic heterocycles. The number of nitrogens with two attached hydrogens (primary N) is 1. The van der Waals surface area contributed by atoms with Crippen molar-refractivity contribution in [3.8, 4) is 5.75 Å². The maximum atomic E-state index is 5.96. The van der Waals surface area contributed by atoms with Gasteiger partial charge in [-0.25, -0.2) is 0 Å². The monoisotopic (exact) mass is 354 g/mol. The van der Waals surface area contributed by atoms with Crippen LogP contribution in [0.4, 0.5) is 11.4 Å². The van der Waals surface area contributed by atoms with Crippen molar-refractivity contribution in [3.05, 3.63) is 39.0 Å². The second-order valence-electron chi connectivity index (χ2n) is 5.04. The Morgan fingerprint density at radius 1 is 1.30 bits per heavy atom. The van der Waals surface area contributed by atoms with Crippen molar-refractivity contribution in [2.45, 2.75) is 26.5 Å². The zero-order valence-corrected chi connectivity index (χ0v) is 14.3. The van der Waals surface area contributed by atoms with Gasteiger partial charge in [0.15, 0.2) is 0 Å². The van der Waals surface area contributed by atoms with Gasteiger partial charge in [0.25, 0.3) is 0 Å². The summed E-state index contributed by atoms with van der Waals surface area (Å²) >= 11 is 5.19. The highest BCUT2D eigenvalue weighted by Gasteiger charge is 2.08. The second-order valence-corrected chi connectivity index (χ2v) is 7.33. The average Bonchev–Trinajstić information content (AvgIpc) is 2.73. The molecule has 3 nitrogen and oxygen atoms in total. The van der Waals surface area contributed by atoms with Crippen LogP contribution in [0.25, 0.3) is 0 Å². The first-order valence-electron chi connectivity index (χ1n) is 6.45. The van der Waals surface area contributed by atoms with E-state index in [0.29, 0.717) is 0 Å². The summed E-state index contributed by atoms with van der Waals surface area (Å²) in [4.78, 5) is 2.16. The number of halogens is 1. The normalized spacial score (nSPS) is 10.8. The maximum Gasteiger partial charge on any atom is 0.123 e. The van der Waals surface area contributed by atoms with E-state index in [2.05, 4.69) is 39.3 Å². The summed E-state index contributed by atoms with van der Waals surface area (Å²) in [5.74, 6) is 0.813. The number of hydrogen-bond donors (Lipinski definition) is 1. The predicted molar refractivity (Wildman–Crippen MR) is 90.7 cm³/mol. The highest BCUT2D eigenvalue weighted by Crippen LogP contribution is 2.28. The molecule has 0 bridgehead atoms. The van der Waals surface area contributed by atoms with Crippen LogP contribution >= 0.6 is 27.3 Å². The van der Waals surface area contributed by atoms with E-state index in [0.717, 1.165) is 27.5 Å². The van der Waals surface area contributed by atoms with Crippen LogP contribution in [0.15, 0.2) is 33.4 Å². The topological polar surface area (TPSA) is 38.5 Å². The van der Waals surface area contributed by atoms with Gasteiger partial charge in [0.2, 0.25) is 0 Å². The zero-order valence-electron chi connectivity index (χ0n) is 11.9. The van der Waals surface area contributed by atoms with E-state index in [-0.39, 0.29) is 6.10 Å². The summed E-state index contributed by atoms with van der Waals surface area (Å²) in [5.41, 5.74) is 9.01. The molecule has 0 radical (unpaired) electrons. The molecule has 1 aromatic carbocycles. The number of thiophene rings is 1.